The summed E-state index contributed by atoms with van der Waals surface area (Å²) in [5.41, 5.74) is 2.52. The molecule has 1 saturated heterocycles. The van der Waals surface area contributed by atoms with Gasteiger partial charge in [-0.2, -0.15) is 15.0 Å². The smallest absolute Gasteiger partial charge is 0.243 e. The number of anilines is 3. The van der Waals surface area contributed by atoms with Crippen LogP contribution < -0.4 is 21.1 Å². The highest BCUT2D eigenvalue weighted by Crippen LogP contribution is 2.20. The lowest BCUT2D eigenvalue weighted by Crippen LogP contribution is -2.33. The Morgan fingerprint density at radius 2 is 2.00 bits per heavy atom. The van der Waals surface area contributed by atoms with E-state index in [4.69, 9.17) is 10.9 Å². The van der Waals surface area contributed by atoms with E-state index in [2.05, 4.69) is 25.3 Å². The Labute approximate surface area is 125 Å². The van der Waals surface area contributed by atoms with E-state index in [0.29, 0.717) is 30.8 Å². The van der Waals surface area contributed by atoms with Crippen LogP contribution in [0.5, 0.6) is 0 Å². The van der Waals surface area contributed by atoms with Crippen LogP contribution in [0.3, 0.4) is 0 Å². The molecular formula is C13H25N7O. The fourth-order valence-electron chi connectivity index (χ4n) is 2.46. The second-order valence-corrected chi connectivity index (χ2v) is 5.11. The zero-order chi connectivity index (χ0) is 15.1. The van der Waals surface area contributed by atoms with Gasteiger partial charge in [0, 0.05) is 32.8 Å². The molecule has 2 rings (SSSR count). The van der Waals surface area contributed by atoms with Crippen molar-refractivity contribution >= 4 is 17.8 Å². The highest BCUT2D eigenvalue weighted by molar-refractivity contribution is 5.45. The number of hydrazine groups is 1. The number of nitrogens with two attached hydrogens (primary N) is 1. The van der Waals surface area contributed by atoms with E-state index in [1.54, 1.807) is 0 Å². The van der Waals surface area contributed by atoms with E-state index in [0.717, 1.165) is 32.5 Å². The summed E-state index contributed by atoms with van der Waals surface area (Å²) in [4.78, 5) is 17.5. The number of aromatic nitrogens is 3. The minimum Gasteiger partial charge on any atom is -0.396 e. The predicted octanol–water partition coefficient (Wildman–Crippen LogP) is 0.356. The van der Waals surface area contributed by atoms with Crippen LogP contribution in [0.25, 0.3) is 0 Å². The van der Waals surface area contributed by atoms with Crippen molar-refractivity contribution in [3.63, 3.8) is 0 Å². The summed E-state index contributed by atoms with van der Waals surface area (Å²) in [7, 11) is 0. The van der Waals surface area contributed by atoms with Crippen LogP contribution in [0.2, 0.25) is 0 Å². The van der Waals surface area contributed by atoms with Crippen molar-refractivity contribution in [1.29, 1.82) is 0 Å². The number of hydrogen-bond acceptors (Lipinski definition) is 8. The van der Waals surface area contributed by atoms with Gasteiger partial charge in [0.15, 0.2) is 0 Å². The summed E-state index contributed by atoms with van der Waals surface area (Å²) in [6.07, 6.45) is 4.26. The van der Waals surface area contributed by atoms with E-state index in [1.165, 1.54) is 6.42 Å². The van der Waals surface area contributed by atoms with Gasteiger partial charge in [0.05, 0.1) is 0 Å². The molecule has 2 heterocycles. The van der Waals surface area contributed by atoms with Crippen LogP contribution in [-0.4, -0.2) is 52.8 Å². The molecule has 0 amide bonds. The molecule has 1 fully saturated rings. The summed E-state index contributed by atoms with van der Waals surface area (Å²) in [5, 5.41) is 9.00. The molecule has 118 valence electrons. The number of aliphatic hydroxyl groups is 1. The Balaban J connectivity index is 2.23. The van der Waals surface area contributed by atoms with Crippen molar-refractivity contribution < 1.29 is 5.11 Å². The lowest BCUT2D eigenvalue weighted by molar-refractivity contribution is 0.289. The fourth-order valence-corrected chi connectivity index (χ4v) is 2.46. The molecular weight excluding hydrogens is 270 g/mol. The molecule has 21 heavy (non-hydrogen) atoms. The predicted molar refractivity (Wildman–Crippen MR) is 83.3 cm³/mol. The van der Waals surface area contributed by atoms with Crippen molar-refractivity contribution in [3.05, 3.63) is 0 Å². The molecule has 1 aromatic heterocycles. The summed E-state index contributed by atoms with van der Waals surface area (Å²) >= 11 is 0. The van der Waals surface area contributed by atoms with Gasteiger partial charge in [0.1, 0.15) is 0 Å². The fraction of sp³-hybridized carbons (Fsp3) is 0.769. The third-order valence-electron chi connectivity index (χ3n) is 3.63. The number of piperidine rings is 1. The highest BCUT2D eigenvalue weighted by Gasteiger charge is 2.18. The molecule has 4 N–H and O–H groups in total. The monoisotopic (exact) mass is 295 g/mol. The first kappa shape index (κ1) is 15.7. The Kier molecular flexibility index (Phi) is 5.94. The van der Waals surface area contributed by atoms with Gasteiger partial charge in [-0.25, -0.2) is 5.84 Å². The van der Waals surface area contributed by atoms with E-state index in [9.17, 15) is 0 Å². The van der Waals surface area contributed by atoms with Crippen LogP contribution in [-0.2, 0) is 0 Å². The third-order valence-corrected chi connectivity index (χ3v) is 3.63. The molecule has 0 aliphatic carbocycles. The normalized spacial score (nSPS) is 15.1. The first-order chi connectivity index (χ1) is 10.3. The maximum atomic E-state index is 9.00. The Morgan fingerprint density at radius 1 is 1.24 bits per heavy atom. The van der Waals surface area contributed by atoms with E-state index < -0.39 is 0 Å². The minimum atomic E-state index is 0.155. The molecule has 0 saturated carbocycles. The van der Waals surface area contributed by atoms with E-state index in [-0.39, 0.29) is 6.61 Å². The summed E-state index contributed by atoms with van der Waals surface area (Å²) in [5.74, 6) is 7.14. The molecule has 1 aliphatic heterocycles. The standard InChI is InChI=1S/C13H25N7O/c1-2-19(9-6-10-21)12-15-11(18-14)16-13(17-12)20-7-4-3-5-8-20/h21H,2-10,14H2,1H3,(H,15,16,17,18). The van der Waals surface area contributed by atoms with E-state index in [1.807, 2.05) is 11.8 Å². The quantitative estimate of drug-likeness (QED) is 0.489. The van der Waals surface area contributed by atoms with Crippen molar-refractivity contribution in [3.8, 4) is 0 Å². The Bertz CT molecular complexity index is 437. The van der Waals surface area contributed by atoms with Crippen molar-refractivity contribution in [2.75, 3.05) is 48.0 Å². The van der Waals surface area contributed by atoms with Crippen molar-refractivity contribution in [2.45, 2.75) is 32.6 Å². The Morgan fingerprint density at radius 3 is 2.62 bits per heavy atom. The number of nitrogens with zero attached hydrogens (tertiary/aromatic N) is 5. The second-order valence-electron chi connectivity index (χ2n) is 5.11. The maximum Gasteiger partial charge on any atom is 0.243 e. The third kappa shape index (κ3) is 4.15. The lowest BCUT2D eigenvalue weighted by atomic mass is 10.1. The maximum absolute atomic E-state index is 9.00. The summed E-state index contributed by atoms with van der Waals surface area (Å²) in [6.45, 7) is 5.61. The van der Waals surface area contributed by atoms with Crippen LogP contribution in [0.15, 0.2) is 0 Å². The van der Waals surface area contributed by atoms with Crippen LogP contribution in [0.1, 0.15) is 32.6 Å². The lowest BCUT2D eigenvalue weighted by Gasteiger charge is -2.28. The van der Waals surface area contributed by atoms with Crippen LogP contribution in [0.4, 0.5) is 17.8 Å². The van der Waals surface area contributed by atoms with Gasteiger partial charge in [0.25, 0.3) is 0 Å². The zero-order valence-electron chi connectivity index (χ0n) is 12.6. The van der Waals surface area contributed by atoms with Gasteiger partial charge in [0.2, 0.25) is 17.8 Å². The molecule has 0 aromatic carbocycles. The van der Waals surface area contributed by atoms with Gasteiger partial charge in [-0.15, -0.1) is 0 Å². The second kappa shape index (κ2) is 7.94. The number of nitrogen functional groups attached to an aromatic ring is 1. The first-order valence-electron chi connectivity index (χ1n) is 7.62. The van der Waals surface area contributed by atoms with Gasteiger partial charge in [-0.05, 0) is 32.6 Å². The largest absolute Gasteiger partial charge is 0.396 e. The number of nitrogens with one attached hydrogen (secondary N) is 1. The molecule has 0 radical (unpaired) electrons. The van der Waals surface area contributed by atoms with Gasteiger partial charge < -0.3 is 14.9 Å². The zero-order valence-corrected chi connectivity index (χ0v) is 12.6. The number of aliphatic hydroxyl groups excluding tert-OH is 1. The molecule has 1 aliphatic rings. The molecule has 0 atom stereocenters. The number of rotatable bonds is 7. The van der Waals surface area contributed by atoms with Crippen molar-refractivity contribution in [2.24, 2.45) is 5.84 Å². The summed E-state index contributed by atoms with van der Waals surface area (Å²) in [6, 6.07) is 0. The van der Waals surface area contributed by atoms with Gasteiger partial charge >= 0.3 is 0 Å². The Hall–Kier alpha value is -1.67. The van der Waals surface area contributed by atoms with Crippen molar-refractivity contribution in [1.82, 2.24) is 15.0 Å². The molecule has 0 unspecified atom stereocenters. The SMILES string of the molecule is CCN(CCCO)c1nc(NN)nc(N2CCCCC2)n1. The highest BCUT2D eigenvalue weighted by atomic mass is 16.3. The van der Waals surface area contributed by atoms with Gasteiger partial charge in [-0.1, -0.05) is 0 Å². The average molecular weight is 295 g/mol. The molecule has 8 nitrogen and oxygen atoms in total. The first-order valence-corrected chi connectivity index (χ1v) is 7.62. The molecule has 0 bridgehead atoms. The number of hydrogen-bond donors (Lipinski definition) is 3. The van der Waals surface area contributed by atoms with Crippen LogP contribution >= 0.6 is 0 Å². The van der Waals surface area contributed by atoms with Gasteiger partial charge in [-0.3, -0.25) is 5.43 Å². The molecule has 8 heteroatoms. The van der Waals surface area contributed by atoms with E-state index >= 15 is 0 Å². The van der Waals surface area contributed by atoms with Crippen LogP contribution in [0, 0.1) is 0 Å². The minimum absolute atomic E-state index is 0.155. The molecule has 1 aromatic rings. The average Bonchev–Trinajstić information content (AvgIpc) is 2.56. The summed E-state index contributed by atoms with van der Waals surface area (Å²) < 4.78 is 0. The molecule has 0 spiro atoms. The topological polar surface area (TPSA) is 103 Å².